The van der Waals surface area contributed by atoms with E-state index in [2.05, 4.69) is 6.92 Å². The maximum Gasteiger partial charge on any atom is 0.167 e. The van der Waals surface area contributed by atoms with Crippen molar-refractivity contribution in [2.24, 2.45) is 0 Å². The van der Waals surface area contributed by atoms with Crippen LogP contribution in [0.3, 0.4) is 0 Å². The summed E-state index contributed by atoms with van der Waals surface area (Å²) >= 11 is 0. The van der Waals surface area contributed by atoms with E-state index in [4.69, 9.17) is 4.74 Å². The second kappa shape index (κ2) is 7.49. The van der Waals surface area contributed by atoms with E-state index in [0.29, 0.717) is 6.42 Å². The average molecular weight is 268 g/mol. The van der Waals surface area contributed by atoms with E-state index in [0.717, 1.165) is 36.3 Å². The molecule has 0 saturated heterocycles. The monoisotopic (exact) mass is 268 g/mol. The van der Waals surface area contributed by atoms with E-state index in [1.165, 1.54) is 0 Å². The molecule has 2 nitrogen and oxygen atoms in total. The summed E-state index contributed by atoms with van der Waals surface area (Å²) < 4.78 is 5.59. The van der Waals surface area contributed by atoms with Crippen molar-refractivity contribution >= 4 is 5.78 Å². The molecule has 2 heteroatoms. The van der Waals surface area contributed by atoms with Crippen molar-refractivity contribution < 1.29 is 9.53 Å². The van der Waals surface area contributed by atoms with Gasteiger partial charge in [0.1, 0.15) is 5.75 Å². The molecule has 2 aromatic rings. The molecule has 0 atom stereocenters. The summed E-state index contributed by atoms with van der Waals surface area (Å²) in [4.78, 5) is 12.1. The smallest absolute Gasteiger partial charge is 0.167 e. The Hall–Kier alpha value is -2.09. The topological polar surface area (TPSA) is 26.3 Å². The third-order valence-corrected chi connectivity index (χ3v) is 3.15. The van der Waals surface area contributed by atoms with E-state index in [9.17, 15) is 4.79 Å². The zero-order valence-electron chi connectivity index (χ0n) is 11.8. The molecular weight excluding hydrogens is 248 g/mol. The minimum atomic E-state index is 0.135. The summed E-state index contributed by atoms with van der Waals surface area (Å²) in [6.45, 7) is 2.86. The molecule has 0 unspecified atom stereocenters. The maximum absolute atomic E-state index is 12.1. The van der Waals surface area contributed by atoms with Crippen LogP contribution in [-0.2, 0) is 6.42 Å². The summed E-state index contributed by atoms with van der Waals surface area (Å²) in [5.41, 5.74) is 1.78. The first kappa shape index (κ1) is 14.3. The van der Waals surface area contributed by atoms with Gasteiger partial charge in [-0.25, -0.2) is 0 Å². The van der Waals surface area contributed by atoms with E-state index in [1.807, 2.05) is 54.6 Å². The van der Waals surface area contributed by atoms with Gasteiger partial charge in [-0.2, -0.15) is 0 Å². The van der Waals surface area contributed by atoms with Crippen LogP contribution in [0.4, 0.5) is 0 Å². The number of hydrogen-bond donors (Lipinski definition) is 0. The van der Waals surface area contributed by atoms with Crippen LogP contribution in [0.1, 0.15) is 35.7 Å². The molecule has 20 heavy (non-hydrogen) atoms. The molecule has 0 aliphatic rings. The molecule has 0 fully saturated rings. The Balaban J connectivity index is 1.94. The number of rotatable bonds is 7. The van der Waals surface area contributed by atoms with Gasteiger partial charge in [0.15, 0.2) is 5.78 Å². The van der Waals surface area contributed by atoms with Crippen LogP contribution < -0.4 is 4.74 Å². The van der Waals surface area contributed by atoms with Crippen LogP contribution in [0.15, 0.2) is 54.6 Å². The zero-order chi connectivity index (χ0) is 14.2. The number of ether oxygens (including phenoxy) is 1. The van der Waals surface area contributed by atoms with E-state index in [-0.39, 0.29) is 5.78 Å². The predicted octanol–water partition coefficient (Wildman–Crippen LogP) is 4.29. The molecule has 0 amide bonds. The fourth-order valence-electron chi connectivity index (χ4n) is 1.95. The minimum Gasteiger partial charge on any atom is -0.494 e. The quantitative estimate of drug-likeness (QED) is 0.553. The van der Waals surface area contributed by atoms with Gasteiger partial charge in [0.2, 0.25) is 0 Å². The van der Waals surface area contributed by atoms with E-state index in [1.54, 1.807) is 0 Å². The number of hydrogen-bond acceptors (Lipinski definition) is 2. The zero-order valence-corrected chi connectivity index (χ0v) is 11.8. The Morgan fingerprint density at radius 1 is 1.00 bits per heavy atom. The van der Waals surface area contributed by atoms with Gasteiger partial charge in [-0.3, -0.25) is 4.79 Å². The van der Waals surface area contributed by atoms with Gasteiger partial charge in [0.05, 0.1) is 6.61 Å². The van der Waals surface area contributed by atoms with Crippen molar-refractivity contribution in [2.45, 2.75) is 26.2 Å². The second-order valence-electron chi connectivity index (χ2n) is 4.81. The molecular formula is C18H20O2. The number of benzene rings is 2. The summed E-state index contributed by atoms with van der Waals surface area (Å²) in [7, 11) is 0. The Kier molecular flexibility index (Phi) is 5.36. The first-order valence-corrected chi connectivity index (χ1v) is 7.09. The van der Waals surface area contributed by atoms with Gasteiger partial charge < -0.3 is 4.74 Å². The lowest BCUT2D eigenvalue weighted by molar-refractivity contribution is 0.0993. The lowest BCUT2D eigenvalue weighted by Crippen LogP contribution is -2.03. The SMILES string of the molecule is CCCCOc1ccc(C(=O)Cc2ccccc2)cc1. The molecule has 0 radical (unpaired) electrons. The molecule has 104 valence electrons. The lowest BCUT2D eigenvalue weighted by Gasteiger charge is -2.06. The van der Waals surface area contributed by atoms with Crippen LogP contribution in [-0.4, -0.2) is 12.4 Å². The first-order chi connectivity index (χ1) is 9.79. The molecule has 0 N–H and O–H groups in total. The van der Waals surface area contributed by atoms with Crippen molar-refractivity contribution in [3.63, 3.8) is 0 Å². The van der Waals surface area contributed by atoms with Gasteiger partial charge in [-0.15, -0.1) is 0 Å². The van der Waals surface area contributed by atoms with Gasteiger partial charge in [0, 0.05) is 12.0 Å². The van der Waals surface area contributed by atoms with Crippen LogP contribution >= 0.6 is 0 Å². The molecule has 0 bridgehead atoms. The van der Waals surface area contributed by atoms with Gasteiger partial charge in [0.25, 0.3) is 0 Å². The van der Waals surface area contributed by atoms with Gasteiger partial charge >= 0.3 is 0 Å². The third-order valence-electron chi connectivity index (χ3n) is 3.15. The van der Waals surface area contributed by atoms with Crippen LogP contribution in [0, 0.1) is 0 Å². The molecule has 0 aliphatic heterocycles. The Labute approximate surface area is 120 Å². The fourth-order valence-corrected chi connectivity index (χ4v) is 1.95. The van der Waals surface area contributed by atoms with Crippen molar-refractivity contribution in [1.82, 2.24) is 0 Å². The highest BCUT2D eigenvalue weighted by molar-refractivity contribution is 5.97. The number of carbonyl (C=O) groups excluding carboxylic acids is 1. The Morgan fingerprint density at radius 3 is 2.35 bits per heavy atom. The highest BCUT2D eigenvalue weighted by Gasteiger charge is 2.07. The van der Waals surface area contributed by atoms with Crippen molar-refractivity contribution in [3.05, 3.63) is 65.7 Å². The van der Waals surface area contributed by atoms with E-state index < -0.39 is 0 Å². The molecule has 2 aromatic carbocycles. The predicted molar refractivity (Wildman–Crippen MR) is 81.3 cm³/mol. The maximum atomic E-state index is 12.1. The number of unbranched alkanes of at least 4 members (excludes halogenated alkanes) is 1. The Morgan fingerprint density at radius 2 is 1.70 bits per heavy atom. The van der Waals surface area contributed by atoms with Crippen molar-refractivity contribution in [2.75, 3.05) is 6.61 Å². The normalized spacial score (nSPS) is 10.2. The van der Waals surface area contributed by atoms with Crippen molar-refractivity contribution in [1.29, 1.82) is 0 Å². The molecule has 0 spiro atoms. The molecule has 0 aliphatic carbocycles. The third kappa shape index (κ3) is 4.23. The largest absolute Gasteiger partial charge is 0.494 e. The highest BCUT2D eigenvalue weighted by atomic mass is 16.5. The molecule has 0 aromatic heterocycles. The molecule has 2 rings (SSSR count). The summed E-state index contributed by atoms with van der Waals surface area (Å²) in [6.07, 6.45) is 2.61. The Bertz CT molecular complexity index is 529. The number of Topliss-reactive ketones (excluding diaryl/α,β-unsaturated/α-hetero) is 1. The summed E-state index contributed by atoms with van der Waals surface area (Å²) in [5, 5.41) is 0. The van der Waals surface area contributed by atoms with E-state index >= 15 is 0 Å². The summed E-state index contributed by atoms with van der Waals surface area (Å²) in [5.74, 6) is 0.964. The van der Waals surface area contributed by atoms with Gasteiger partial charge in [-0.1, -0.05) is 43.7 Å². The lowest BCUT2D eigenvalue weighted by atomic mass is 10.0. The average Bonchev–Trinajstić information content (AvgIpc) is 2.49. The van der Waals surface area contributed by atoms with Crippen molar-refractivity contribution in [3.8, 4) is 5.75 Å². The molecule has 0 heterocycles. The van der Waals surface area contributed by atoms with Gasteiger partial charge in [-0.05, 0) is 36.2 Å². The number of carbonyl (C=O) groups is 1. The second-order valence-corrected chi connectivity index (χ2v) is 4.81. The highest BCUT2D eigenvalue weighted by Crippen LogP contribution is 2.14. The standard InChI is InChI=1S/C18H20O2/c1-2-3-13-20-17-11-9-16(10-12-17)18(19)14-15-7-5-4-6-8-15/h4-12H,2-3,13-14H2,1H3. The van der Waals surface area contributed by atoms with Crippen LogP contribution in [0.2, 0.25) is 0 Å². The summed E-state index contributed by atoms with van der Waals surface area (Å²) in [6, 6.07) is 17.2. The minimum absolute atomic E-state index is 0.135. The molecule has 0 saturated carbocycles. The first-order valence-electron chi connectivity index (χ1n) is 7.09. The van der Waals surface area contributed by atoms with Crippen LogP contribution in [0.25, 0.3) is 0 Å². The number of ketones is 1. The van der Waals surface area contributed by atoms with Crippen LogP contribution in [0.5, 0.6) is 5.75 Å². The fraction of sp³-hybridized carbons (Fsp3) is 0.278.